The van der Waals surface area contributed by atoms with Crippen molar-refractivity contribution in [3.05, 3.63) is 0 Å². The Morgan fingerprint density at radius 1 is 0.750 bits per heavy atom. The molecular weight excluding hydrogens is 246 g/mol. The highest BCUT2D eigenvalue weighted by atomic mass is 28.4. The lowest BCUT2D eigenvalue weighted by Crippen LogP contribution is -2.60. The van der Waals surface area contributed by atoms with E-state index in [0.29, 0.717) is 0 Å². The lowest BCUT2D eigenvalue weighted by Gasteiger charge is -2.40. The van der Waals surface area contributed by atoms with Gasteiger partial charge in [-0.05, 0) is 39.3 Å². The van der Waals surface area contributed by atoms with Crippen LogP contribution in [0.4, 0.5) is 0 Å². The van der Waals surface area contributed by atoms with Crippen LogP contribution in [0.1, 0.15) is 27.7 Å². The highest BCUT2D eigenvalue weighted by molar-refractivity contribution is 6.75. The highest BCUT2D eigenvalue weighted by Crippen LogP contribution is 2.05. The molecule has 3 nitrogen and oxygen atoms in total. The average molecular weight is 278 g/mol. The van der Waals surface area contributed by atoms with E-state index in [1.165, 1.54) is 36.6 Å². The van der Waals surface area contributed by atoms with Crippen LogP contribution in [0.25, 0.3) is 0 Å². The van der Waals surface area contributed by atoms with Gasteiger partial charge in [-0.1, -0.05) is 27.7 Å². The van der Waals surface area contributed by atoms with E-state index in [2.05, 4.69) is 53.8 Å². The van der Waals surface area contributed by atoms with Gasteiger partial charge in [0, 0.05) is 0 Å². The molecule has 0 heterocycles. The monoisotopic (exact) mass is 277 g/mol. The zero-order valence-electron chi connectivity index (χ0n) is 12.3. The van der Waals surface area contributed by atoms with Gasteiger partial charge in [0.15, 0.2) is 18.2 Å². The molecule has 98 valence electrons. The molecule has 0 aromatic rings. The lowest BCUT2D eigenvalue weighted by atomic mass is 10.7. The molecule has 0 aliphatic rings. The molecule has 2 atom stereocenters. The molecule has 0 saturated carbocycles. The van der Waals surface area contributed by atoms with Crippen LogP contribution in [0, 0.1) is 0 Å². The van der Waals surface area contributed by atoms with Crippen LogP contribution < -0.4 is 0 Å². The van der Waals surface area contributed by atoms with Gasteiger partial charge in [-0.25, -0.2) is 0 Å². The molecule has 6 heteroatoms. The molecule has 0 N–H and O–H groups in total. The Morgan fingerprint density at radius 2 is 1.00 bits per heavy atom. The molecule has 0 bridgehead atoms. The molecule has 2 unspecified atom stereocenters. The topological polar surface area (TPSA) is 9.72 Å². The smallest absolute Gasteiger partial charge is 0.173 e. The molecule has 0 saturated heterocycles. The second-order valence-electron chi connectivity index (χ2n) is 4.37. The van der Waals surface area contributed by atoms with E-state index in [1.807, 2.05) is 0 Å². The largest absolute Gasteiger partial charge is 0.356 e. The molecule has 0 rings (SSSR count). The van der Waals surface area contributed by atoms with Crippen LogP contribution in [0.2, 0.25) is 13.1 Å². The van der Waals surface area contributed by atoms with Crippen LogP contribution in [0.5, 0.6) is 0 Å². The molecule has 0 fully saturated rings. The van der Waals surface area contributed by atoms with E-state index in [0.717, 1.165) is 0 Å². The molecule has 0 spiro atoms. The van der Waals surface area contributed by atoms with Gasteiger partial charge < -0.3 is 13.0 Å². The number of hydrogen-bond donors (Lipinski definition) is 0. The maximum absolute atomic E-state index is 2.88. The average Bonchev–Trinajstić information content (AvgIpc) is 2.30. The number of nitrogens with zero attached hydrogens (tertiary/aromatic N) is 3. The first-order chi connectivity index (χ1) is 7.53. The normalized spacial score (nSPS) is 16.3. The Balaban J connectivity index is 4.45. The van der Waals surface area contributed by atoms with Crippen molar-refractivity contribution in [3.8, 4) is 0 Å². The second-order valence-corrected chi connectivity index (χ2v) is 13.7. The van der Waals surface area contributed by atoms with E-state index in [4.69, 9.17) is 0 Å². The minimum atomic E-state index is -0.805. The molecule has 0 aliphatic heterocycles. The highest BCUT2D eigenvalue weighted by Gasteiger charge is 2.25. The fourth-order valence-corrected chi connectivity index (χ4v) is 11.1. The van der Waals surface area contributed by atoms with Gasteiger partial charge in [-0.15, -0.1) is 0 Å². The molecule has 0 aromatic heterocycles. The van der Waals surface area contributed by atoms with Gasteiger partial charge in [0.05, 0.1) is 10.4 Å². The van der Waals surface area contributed by atoms with Crippen molar-refractivity contribution in [3.63, 3.8) is 0 Å². The summed E-state index contributed by atoms with van der Waals surface area (Å²) in [5, 5.41) is 0. The molecular formula is C10H31N3Si3. The zero-order valence-corrected chi connectivity index (χ0v) is 16.6. The predicted molar refractivity (Wildman–Crippen MR) is 83.6 cm³/mol. The summed E-state index contributed by atoms with van der Waals surface area (Å²) in [6.45, 7) is 19.1. The predicted octanol–water partition coefficient (Wildman–Crippen LogP) is -0.0470. The Morgan fingerprint density at radius 3 is 1.19 bits per heavy atom. The summed E-state index contributed by atoms with van der Waals surface area (Å²) in [5.74, 6) is 0. The Labute approximate surface area is 109 Å². The third kappa shape index (κ3) is 4.42. The first-order valence-corrected chi connectivity index (χ1v) is 12.0. The summed E-state index contributed by atoms with van der Waals surface area (Å²) in [4.78, 5) is 0. The minimum absolute atomic E-state index is 0.805. The van der Waals surface area contributed by atoms with Gasteiger partial charge in [-0.2, -0.15) is 0 Å². The van der Waals surface area contributed by atoms with Crippen LogP contribution in [0.15, 0.2) is 0 Å². The van der Waals surface area contributed by atoms with Crippen molar-refractivity contribution in [2.45, 2.75) is 40.8 Å². The van der Waals surface area contributed by atoms with Gasteiger partial charge >= 0.3 is 0 Å². The first-order valence-electron chi connectivity index (χ1n) is 6.73. The Bertz CT molecular complexity index is 157. The van der Waals surface area contributed by atoms with Crippen molar-refractivity contribution < 1.29 is 0 Å². The summed E-state index contributed by atoms with van der Waals surface area (Å²) < 4.78 is 8.26. The molecule has 0 aliphatic carbocycles. The summed E-state index contributed by atoms with van der Waals surface area (Å²) in [5.41, 5.74) is 0. The molecule has 0 aromatic carbocycles. The Kier molecular flexibility index (Phi) is 8.88. The van der Waals surface area contributed by atoms with E-state index in [1.54, 1.807) is 0 Å². The van der Waals surface area contributed by atoms with Crippen LogP contribution >= 0.6 is 0 Å². The third-order valence-corrected chi connectivity index (χ3v) is 16.9. The second kappa shape index (κ2) is 8.60. The van der Waals surface area contributed by atoms with Crippen molar-refractivity contribution in [1.29, 1.82) is 0 Å². The van der Waals surface area contributed by atoms with Crippen molar-refractivity contribution in [1.82, 2.24) is 13.0 Å². The number of rotatable bonds is 8. The van der Waals surface area contributed by atoms with E-state index in [-0.39, 0.29) is 0 Å². The fraction of sp³-hybridized carbons (Fsp3) is 1.00. The van der Waals surface area contributed by atoms with Gasteiger partial charge in [-0.3, -0.25) is 0 Å². The zero-order chi connectivity index (χ0) is 12.7. The van der Waals surface area contributed by atoms with E-state index >= 15 is 0 Å². The van der Waals surface area contributed by atoms with E-state index in [9.17, 15) is 0 Å². The molecule has 16 heavy (non-hydrogen) atoms. The third-order valence-electron chi connectivity index (χ3n) is 3.86. The summed E-state index contributed by atoms with van der Waals surface area (Å²) in [6.07, 6.45) is 0. The van der Waals surface area contributed by atoms with Gasteiger partial charge in [0.1, 0.15) is 0 Å². The van der Waals surface area contributed by atoms with Crippen LogP contribution in [0.3, 0.4) is 0 Å². The molecule has 0 radical (unpaired) electrons. The van der Waals surface area contributed by atoms with E-state index < -0.39 is 18.2 Å². The van der Waals surface area contributed by atoms with Gasteiger partial charge in [0.2, 0.25) is 0 Å². The van der Waals surface area contributed by atoms with Crippen LogP contribution in [-0.4, -0.2) is 67.9 Å². The summed E-state index contributed by atoms with van der Waals surface area (Å²) in [6, 6.07) is 0. The first kappa shape index (κ1) is 16.5. The SMILES string of the molecule is CCN(CC)[SiH](C)N([SiH3])[SiH](C)N(CC)CC. The minimum Gasteiger partial charge on any atom is -0.356 e. The van der Waals surface area contributed by atoms with Gasteiger partial charge in [0.25, 0.3) is 0 Å². The quantitative estimate of drug-likeness (QED) is 0.576. The maximum Gasteiger partial charge on any atom is 0.173 e. The lowest BCUT2D eigenvalue weighted by molar-refractivity contribution is 0.438. The van der Waals surface area contributed by atoms with Crippen molar-refractivity contribution in [2.75, 3.05) is 26.2 Å². The van der Waals surface area contributed by atoms with Crippen molar-refractivity contribution in [2.24, 2.45) is 0 Å². The summed E-state index contributed by atoms with van der Waals surface area (Å²) >= 11 is 0. The standard InChI is InChI=1S/C10H31N3Si3/c1-7-11(8-2)15(5)13(14)16(6)12(9-3)10-4/h15-16H,7-10H2,1-6,14H3. The number of hydrogen-bond acceptors (Lipinski definition) is 3. The van der Waals surface area contributed by atoms with Crippen molar-refractivity contribution >= 4 is 28.6 Å². The summed E-state index contributed by atoms with van der Waals surface area (Å²) in [7, 11) is -0.365. The Hall–Kier alpha value is 0.531. The molecule has 0 amide bonds. The van der Waals surface area contributed by atoms with Crippen LogP contribution in [-0.2, 0) is 0 Å². The maximum atomic E-state index is 2.88. The fourth-order valence-electron chi connectivity index (χ4n) is 2.33.